The van der Waals surface area contributed by atoms with Crippen molar-refractivity contribution in [1.29, 1.82) is 0 Å². The Balaban J connectivity index is 2.00. The molecule has 6 heteroatoms. The molecule has 0 unspecified atom stereocenters. The molecule has 1 heterocycles. The van der Waals surface area contributed by atoms with Crippen LogP contribution < -0.4 is 19.8 Å². The molecular formula is C21H19NO5. The van der Waals surface area contributed by atoms with E-state index in [1.165, 1.54) is 26.4 Å². The molecule has 3 aromatic rings. The SMILES string of the molecule is COc1ccc2[nH]c(=O)c(C=CC(=O)c3c(OC)cccc3OC)cc2c1. The Labute approximate surface area is 156 Å². The number of aromatic nitrogens is 1. The summed E-state index contributed by atoms with van der Waals surface area (Å²) in [6.07, 6.45) is 2.81. The van der Waals surface area contributed by atoms with Gasteiger partial charge in [-0.15, -0.1) is 0 Å². The smallest absolute Gasteiger partial charge is 0.255 e. The zero-order chi connectivity index (χ0) is 19.4. The summed E-state index contributed by atoms with van der Waals surface area (Å²) in [5.74, 6) is 1.16. The van der Waals surface area contributed by atoms with Crippen molar-refractivity contribution < 1.29 is 19.0 Å². The van der Waals surface area contributed by atoms with Gasteiger partial charge in [0.15, 0.2) is 5.78 Å². The lowest BCUT2D eigenvalue weighted by Crippen LogP contribution is -2.09. The molecule has 0 fully saturated rings. The van der Waals surface area contributed by atoms with Gasteiger partial charge in [0, 0.05) is 16.5 Å². The van der Waals surface area contributed by atoms with Crippen molar-refractivity contribution >= 4 is 22.8 Å². The number of hydrogen-bond acceptors (Lipinski definition) is 5. The van der Waals surface area contributed by atoms with Crippen molar-refractivity contribution in [1.82, 2.24) is 4.98 Å². The van der Waals surface area contributed by atoms with Gasteiger partial charge in [0.1, 0.15) is 22.8 Å². The number of carbonyl (C=O) groups is 1. The first-order valence-corrected chi connectivity index (χ1v) is 8.22. The maximum atomic E-state index is 12.7. The van der Waals surface area contributed by atoms with Crippen LogP contribution in [0.3, 0.4) is 0 Å². The first kappa shape index (κ1) is 18.3. The average molecular weight is 365 g/mol. The van der Waals surface area contributed by atoms with E-state index in [9.17, 15) is 9.59 Å². The molecule has 0 bridgehead atoms. The third-order valence-electron chi connectivity index (χ3n) is 4.17. The van der Waals surface area contributed by atoms with E-state index in [0.717, 1.165) is 5.39 Å². The zero-order valence-electron chi connectivity index (χ0n) is 15.2. The molecule has 0 radical (unpaired) electrons. The molecule has 2 aromatic carbocycles. The normalized spacial score (nSPS) is 10.9. The van der Waals surface area contributed by atoms with Gasteiger partial charge in [-0.3, -0.25) is 9.59 Å². The maximum absolute atomic E-state index is 12.7. The number of ether oxygens (including phenoxy) is 3. The van der Waals surface area contributed by atoms with E-state index in [4.69, 9.17) is 14.2 Å². The highest BCUT2D eigenvalue weighted by Crippen LogP contribution is 2.29. The highest BCUT2D eigenvalue weighted by Gasteiger charge is 2.16. The third kappa shape index (κ3) is 3.69. The standard InChI is InChI=1S/C21H19NO5/c1-25-15-8-9-16-14(12-15)11-13(21(24)22-16)7-10-17(23)20-18(26-2)5-4-6-19(20)27-3/h4-12H,1-3H3,(H,22,24). The lowest BCUT2D eigenvalue weighted by molar-refractivity contribution is 0.104. The molecule has 1 aromatic heterocycles. The summed E-state index contributed by atoms with van der Waals surface area (Å²) in [7, 11) is 4.54. The number of pyridine rings is 1. The van der Waals surface area contributed by atoms with Crippen LogP contribution in [0.15, 0.2) is 53.3 Å². The van der Waals surface area contributed by atoms with Crippen molar-refractivity contribution in [3.8, 4) is 17.2 Å². The lowest BCUT2D eigenvalue weighted by Gasteiger charge is -2.10. The number of aromatic amines is 1. The molecular weight excluding hydrogens is 346 g/mol. The lowest BCUT2D eigenvalue weighted by atomic mass is 10.1. The quantitative estimate of drug-likeness (QED) is 0.535. The predicted molar refractivity (Wildman–Crippen MR) is 104 cm³/mol. The number of benzene rings is 2. The molecule has 1 N–H and O–H groups in total. The van der Waals surface area contributed by atoms with Gasteiger partial charge in [0.25, 0.3) is 5.56 Å². The summed E-state index contributed by atoms with van der Waals surface area (Å²) in [5.41, 5.74) is 1.06. The van der Waals surface area contributed by atoms with Gasteiger partial charge in [-0.05, 0) is 48.6 Å². The number of fused-ring (bicyclic) bond motifs is 1. The first-order valence-electron chi connectivity index (χ1n) is 8.22. The van der Waals surface area contributed by atoms with Gasteiger partial charge >= 0.3 is 0 Å². The van der Waals surface area contributed by atoms with Gasteiger partial charge in [0.2, 0.25) is 0 Å². The summed E-state index contributed by atoms with van der Waals surface area (Å²) in [4.78, 5) is 27.8. The summed E-state index contributed by atoms with van der Waals surface area (Å²) in [6, 6.07) is 12.2. The van der Waals surface area contributed by atoms with E-state index in [0.29, 0.717) is 33.9 Å². The number of ketones is 1. The van der Waals surface area contributed by atoms with E-state index in [1.54, 1.807) is 43.5 Å². The van der Waals surface area contributed by atoms with Crippen LogP contribution in [0.5, 0.6) is 17.2 Å². The summed E-state index contributed by atoms with van der Waals surface area (Å²) in [6.45, 7) is 0. The Bertz CT molecular complexity index is 1060. The molecule has 0 saturated heterocycles. The van der Waals surface area contributed by atoms with Crippen LogP contribution in [-0.4, -0.2) is 32.1 Å². The van der Waals surface area contributed by atoms with Crippen molar-refractivity contribution in [3.05, 3.63) is 70.0 Å². The van der Waals surface area contributed by atoms with Gasteiger partial charge in [-0.2, -0.15) is 0 Å². The number of allylic oxidation sites excluding steroid dienone is 1. The van der Waals surface area contributed by atoms with E-state index in [1.807, 2.05) is 6.07 Å². The molecule has 3 rings (SSSR count). The van der Waals surface area contributed by atoms with Crippen molar-refractivity contribution in [2.45, 2.75) is 0 Å². The second-order valence-electron chi connectivity index (χ2n) is 5.74. The minimum atomic E-state index is -0.325. The Morgan fingerprint density at radius 1 is 0.963 bits per heavy atom. The minimum Gasteiger partial charge on any atom is -0.497 e. The molecule has 0 spiro atoms. The Morgan fingerprint density at radius 3 is 2.30 bits per heavy atom. The monoisotopic (exact) mass is 365 g/mol. The molecule has 6 nitrogen and oxygen atoms in total. The van der Waals surface area contributed by atoms with Crippen molar-refractivity contribution in [3.63, 3.8) is 0 Å². The number of rotatable bonds is 6. The Morgan fingerprint density at radius 2 is 1.67 bits per heavy atom. The van der Waals surface area contributed by atoms with Gasteiger partial charge in [0.05, 0.1) is 21.3 Å². The van der Waals surface area contributed by atoms with E-state index < -0.39 is 0 Å². The molecule has 138 valence electrons. The number of hydrogen-bond donors (Lipinski definition) is 1. The Hall–Kier alpha value is -3.54. The van der Waals surface area contributed by atoms with Gasteiger partial charge in [-0.25, -0.2) is 0 Å². The van der Waals surface area contributed by atoms with Crippen LogP contribution in [0.2, 0.25) is 0 Å². The molecule has 0 aliphatic heterocycles. The summed E-state index contributed by atoms with van der Waals surface area (Å²) in [5, 5.41) is 0.802. The van der Waals surface area contributed by atoms with Crippen LogP contribution in [0, 0.1) is 0 Å². The van der Waals surface area contributed by atoms with Crippen LogP contribution in [0.4, 0.5) is 0 Å². The topological polar surface area (TPSA) is 77.6 Å². The van der Waals surface area contributed by atoms with Crippen LogP contribution in [0.1, 0.15) is 15.9 Å². The average Bonchev–Trinajstić information content (AvgIpc) is 2.70. The highest BCUT2D eigenvalue weighted by atomic mass is 16.5. The fourth-order valence-corrected chi connectivity index (χ4v) is 2.80. The van der Waals surface area contributed by atoms with Gasteiger partial charge in [-0.1, -0.05) is 6.07 Å². The van der Waals surface area contributed by atoms with Crippen molar-refractivity contribution in [2.75, 3.05) is 21.3 Å². The zero-order valence-corrected chi connectivity index (χ0v) is 15.2. The van der Waals surface area contributed by atoms with Crippen molar-refractivity contribution in [2.24, 2.45) is 0 Å². The van der Waals surface area contributed by atoms with Crippen LogP contribution >= 0.6 is 0 Å². The highest BCUT2D eigenvalue weighted by molar-refractivity contribution is 6.10. The number of nitrogens with one attached hydrogen (secondary N) is 1. The molecule has 0 saturated carbocycles. The molecule has 0 amide bonds. The number of methoxy groups -OCH3 is 3. The fourth-order valence-electron chi connectivity index (χ4n) is 2.80. The second kappa shape index (κ2) is 7.78. The number of carbonyl (C=O) groups excluding carboxylic acids is 1. The van der Waals surface area contributed by atoms with Crippen LogP contribution in [-0.2, 0) is 0 Å². The first-order chi connectivity index (χ1) is 13.1. The maximum Gasteiger partial charge on any atom is 0.255 e. The largest absolute Gasteiger partial charge is 0.497 e. The minimum absolute atomic E-state index is 0.288. The number of H-pyrrole nitrogens is 1. The summed E-state index contributed by atoms with van der Waals surface area (Å²) < 4.78 is 15.7. The van der Waals surface area contributed by atoms with E-state index in [2.05, 4.69) is 4.98 Å². The molecule has 0 atom stereocenters. The van der Waals surface area contributed by atoms with Gasteiger partial charge < -0.3 is 19.2 Å². The molecule has 0 aliphatic rings. The second-order valence-corrected chi connectivity index (χ2v) is 5.74. The molecule has 27 heavy (non-hydrogen) atoms. The van der Waals surface area contributed by atoms with E-state index in [-0.39, 0.29) is 11.3 Å². The Kier molecular flexibility index (Phi) is 5.26. The third-order valence-corrected chi connectivity index (χ3v) is 4.17. The van der Waals surface area contributed by atoms with Crippen LogP contribution in [0.25, 0.3) is 17.0 Å². The molecule has 0 aliphatic carbocycles. The fraction of sp³-hybridized carbons (Fsp3) is 0.143. The summed E-state index contributed by atoms with van der Waals surface area (Å²) >= 11 is 0. The predicted octanol–water partition coefficient (Wildman–Crippen LogP) is 3.45. The van der Waals surface area contributed by atoms with E-state index >= 15 is 0 Å².